The van der Waals surface area contributed by atoms with Crippen molar-refractivity contribution in [2.45, 2.75) is 51.5 Å². The SMILES string of the molecule is C=CCC(NC(=O)Cc1ccc(CC(=O)O)c(OCC)c1)c1ccccc1N1CCCCC1. The molecule has 3 rings (SSSR count). The first-order valence-corrected chi connectivity index (χ1v) is 11.7. The molecule has 1 atom stereocenters. The van der Waals surface area contributed by atoms with E-state index in [1.807, 2.05) is 25.1 Å². The van der Waals surface area contributed by atoms with Gasteiger partial charge in [0.05, 0.1) is 25.5 Å². The van der Waals surface area contributed by atoms with Crippen molar-refractivity contribution in [2.24, 2.45) is 0 Å². The van der Waals surface area contributed by atoms with Gasteiger partial charge in [-0.1, -0.05) is 36.4 Å². The molecule has 0 spiro atoms. The summed E-state index contributed by atoms with van der Waals surface area (Å²) < 4.78 is 5.62. The molecule has 1 unspecified atom stereocenters. The van der Waals surface area contributed by atoms with Crippen LogP contribution in [0.1, 0.15) is 55.3 Å². The summed E-state index contributed by atoms with van der Waals surface area (Å²) >= 11 is 0. The highest BCUT2D eigenvalue weighted by Gasteiger charge is 2.21. The van der Waals surface area contributed by atoms with E-state index in [2.05, 4.69) is 28.9 Å². The van der Waals surface area contributed by atoms with Crippen LogP contribution in [0.2, 0.25) is 0 Å². The number of ether oxygens (including phenoxy) is 1. The number of piperidine rings is 1. The zero-order chi connectivity index (χ0) is 23.6. The fourth-order valence-corrected chi connectivity index (χ4v) is 4.37. The second kappa shape index (κ2) is 12.1. The highest BCUT2D eigenvalue weighted by Crippen LogP contribution is 2.31. The Hall–Kier alpha value is -3.28. The summed E-state index contributed by atoms with van der Waals surface area (Å²) in [5.74, 6) is -0.493. The molecule has 1 aliphatic rings. The monoisotopic (exact) mass is 450 g/mol. The first-order chi connectivity index (χ1) is 16.0. The number of hydrogen-bond acceptors (Lipinski definition) is 4. The second-order valence-electron chi connectivity index (χ2n) is 8.37. The molecule has 0 aliphatic carbocycles. The summed E-state index contributed by atoms with van der Waals surface area (Å²) in [4.78, 5) is 26.5. The van der Waals surface area contributed by atoms with Gasteiger partial charge in [-0.3, -0.25) is 9.59 Å². The van der Waals surface area contributed by atoms with Crippen LogP contribution in [0.15, 0.2) is 55.1 Å². The Bertz CT molecular complexity index is 966. The number of nitrogens with zero attached hydrogens (tertiary/aromatic N) is 1. The quantitative estimate of drug-likeness (QED) is 0.486. The lowest BCUT2D eigenvalue weighted by Gasteiger charge is -2.32. The van der Waals surface area contributed by atoms with Crippen LogP contribution < -0.4 is 15.0 Å². The molecule has 1 amide bonds. The number of carboxylic acid groups (broad SMARTS) is 1. The molecule has 33 heavy (non-hydrogen) atoms. The minimum absolute atomic E-state index is 0.0938. The third-order valence-corrected chi connectivity index (χ3v) is 5.88. The largest absolute Gasteiger partial charge is 0.494 e. The van der Waals surface area contributed by atoms with Gasteiger partial charge in [0.25, 0.3) is 0 Å². The zero-order valence-electron chi connectivity index (χ0n) is 19.4. The van der Waals surface area contributed by atoms with Gasteiger partial charge in [0.15, 0.2) is 0 Å². The van der Waals surface area contributed by atoms with Crippen LogP contribution in [-0.2, 0) is 22.4 Å². The smallest absolute Gasteiger partial charge is 0.307 e. The molecule has 1 aliphatic heterocycles. The summed E-state index contributed by atoms with van der Waals surface area (Å²) in [5.41, 5.74) is 3.68. The molecule has 6 nitrogen and oxygen atoms in total. The molecule has 1 saturated heterocycles. The number of benzene rings is 2. The molecular formula is C27H34N2O4. The molecule has 1 heterocycles. The molecule has 6 heteroatoms. The average molecular weight is 451 g/mol. The molecule has 1 fully saturated rings. The first-order valence-electron chi connectivity index (χ1n) is 11.7. The normalized spacial score (nSPS) is 14.4. The van der Waals surface area contributed by atoms with Crippen molar-refractivity contribution >= 4 is 17.6 Å². The topological polar surface area (TPSA) is 78.9 Å². The Morgan fingerprint density at radius 2 is 1.91 bits per heavy atom. The fourth-order valence-electron chi connectivity index (χ4n) is 4.37. The standard InChI is InChI=1S/C27H34N2O4/c1-3-10-23(22-11-6-7-12-24(22)29-15-8-5-9-16-29)28-26(30)18-20-13-14-21(19-27(31)32)25(17-20)33-4-2/h3,6-7,11-14,17,23H,1,4-5,8-10,15-16,18-19H2,2H3,(H,28,30)(H,31,32). The van der Waals surface area contributed by atoms with Crippen LogP contribution in [0.4, 0.5) is 5.69 Å². The Balaban J connectivity index is 1.76. The van der Waals surface area contributed by atoms with Gasteiger partial charge >= 0.3 is 5.97 Å². The van der Waals surface area contributed by atoms with E-state index in [-0.39, 0.29) is 24.8 Å². The number of para-hydroxylation sites is 1. The first kappa shape index (κ1) is 24.4. The number of amides is 1. The van der Waals surface area contributed by atoms with E-state index in [1.54, 1.807) is 18.2 Å². The van der Waals surface area contributed by atoms with E-state index in [1.165, 1.54) is 24.9 Å². The minimum atomic E-state index is -0.916. The van der Waals surface area contributed by atoms with Crippen LogP contribution in [0, 0.1) is 0 Å². The van der Waals surface area contributed by atoms with Crippen LogP contribution >= 0.6 is 0 Å². The van der Waals surface area contributed by atoms with Crippen molar-refractivity contribution in [3.8, 4) is 5.75 Å². The summed E-state index contributed by atoms with van der Waals surface area (Å²) in [7, 11) is 0. The molecule has 0 aromatic heterocycles. The van der Waals surface area contributed by atoms with Gasteiger partial charge in [0.1, 0.15) is 5.75 Å². The van der Waals surface area contributed by atoms with E-state index in [0.29, 0.717) is 24.3 Å². The van der Waals surface area contributed by atoms with Gasteiger partial charge in [-0.25, -0.2) is 0 Å². The summed E-state index contributed by atoms with van der Waals surface area (Å²) in [6.07, 6.45) is 6.19. The third kappa shape index (κ3) is 6.85. The fraction of sp³-hybridized carbons (Fsp3) is 0.407. The van der Waals surface area contributed by atoms with Gasteiger partial charge in [-0.2, -0.15) is 0 Å². The maximum absolute atomic E-state index is 13.0. The van der Waals surface area contributed by atoms with Crippen molar-refractivity contribution in [3.63, 3.8) is 0 Å². The van der Waals surface area contributed by atoms with Gasteiger partial charge in [0.2, 0.25) is 5.91 Å². The second-order valence-corrected chi connectivity index (χ2v) is 8.37. The van der Waals surface area contributed by atoms with Crippen LogP contribution in [0.3, 0.4) is 0 Å². The van der Waals surface area contributed by atoms with Crippen LogP contribution in [0.5, 0.6) is 5.75 Å². The Morgan fingerprint density at radius 1 is 1.15 bits per heavy atom. The van der Waals surface area contributed by atoms with Crippen LogP contribution in [0.25, 0.3) is 0 Å². The molecule has 0 saturated carbocycles. The molecule has 0 bridgehead atoms. The van der Waals surface area contributed by atoms with Crippen molar-refractivity contribution < 1.29 is 19.4 Å². The zero-order valence-corrected chi connectivity index (χ0v) is 19.4. The van der Waals surface area contributed by atoms with E-state index >= 15 is 0 Å². The van der Waals surface area contributed by atoms with Gasteiger partial charge in [-0.05, 0) is 55.9 Å². The lowest BCUT2D eigenvalue weighted by Crippen LogP contribution is -2.34. The lowest BCUT2D eigenvalue weighted by atomic mass is 9.98. The number of carbonyl (C=O) groups is 2. The van der Waals surface area contributed by atoms with E-state index in [4.69, 9.17) is 9.84 Å². The predicted octanol–water partition coefficient (Wildman–Crippen LogP) is 4.68. The van der Waals surface area contributed by atoms with Crippen molar-refractivity contribution in [3.05, 3.63) is 71.8 Å². The highest BCUT2D eigenvalue weighted by atomic mass is 16.5. The lowest BCUT2D eigenvalue weighted by molar-refractivity contribution is -0.136. The summed E-state index contributed by atoms with van der Waals surface area (Å²) in [6.45, 7) is 8.25. The van der Waals surface area contributed by atoms with E-state index < -0.39 is 5.97 Å². The van der Waals surface area contributed by atoms with Gasteiger partial charge in [0, 0.05) is 24.3 Å². The number of anilines is 1. The number of nitrogens with one attached hydrogen (secondary N) is 1. The maximum Gasteiger partial charge on any atom is 0.307 e. The minimum Gasteiger partial charge on any atom is -0.494 e. The Morgan fingerprint density at radius 3 is 2.61 bits per heavy atom. The van der Waals surface area contributed by atoms with Crippen molar-refractivity contribution in [1.82, 2.24) is 5.32 Å². The maximum atomic E-state index is 13.0. The molecular weight excluding hydrogens is 416 g/mol. The highest BCUT2D eigenvalue weighted by molar-refractivity contribution is 5.80. The predicted molar refractivity (Wildman–Crippen MR) is 131 cm³/mol. The molecule has 0 radical (unpaired) electrons. The Kier molecular flexibility index (Phi) is 8.93. The molecule has 2 aromatic rings. The summed E-state index contributed by atoms with van der Waals surface area (Å²) in [6, 6.07) is 13.4. The van der Waals surface area contributed by atoms with Crippen LogP contribution in [-0.4, -0.2) is 36.7 Å². The number of rotatable bonds is 11. The van der Waals surface area contributed by atoms with E-state index in [9.17, 15) is 9.59 Å². The van der Waals surface area contributed by atoms with Crippen molar-refractivity contribution in [2.75, 3.05) is 24.6 Å². The van der Waals surface area contributed by atoms with Gasteiger partial charge in [-0.15, -0.1) is 6.58 Å². The third-order valence-electron chi connectivity index (χ3n) is 5.88. The number of hydrogen-bond donors (Lipinski definition) is 2. The Labute approximate surface area is 196 Å². The number of carbonyl (C=O) groups excluding carboxylic acids is 1. The van der Waals surface area contributed by atoms with Gasteiger partial charge < -0.3 is 20.1 Å². The van der Waals surface area contributed by atoms with Crippen molar-refractivity contribution in [1.29, 1.82) is 0 Å². The molecule has 2 N–H and O–H groups in total. The molecule has 2 aromatic carbocycles. The summed E-state index contributed by atoms with van der Waals surface area (Å²) in [5, 5.41) is 12.3. The average Bonchev–Trinajstić information content (AvgIpc) is 2.81. The number of aliphatic carboxylic acids is 1. The molecule has 176 valence electrons. The number of carboxylic acids is 1. The van der Waals surface area contributed by atoms with E-state index in [0.717, 1.165) is 24.2 Å².